The van der Waals surface area contributed by atoms with Gasteiger partial charge in [0.25, 0.3) is 0 Å². The van der Waals surface area contributed by atoms with Crippen LogP contribution in [0.1, 0.15) is 0 Å². The molecule has 0 unspecified atom stereocenters. The Morgan fingerprint density at radius 1 is 1.06 bits per heavy atom. The van der Waals surface area contributed by atoms with Crippen LogP contribution in [0.2, 0.25) is 15.1 Å². The molecule has 1 heterocycles. The summed E-state index contributed by atoms with van der Waals surface area (Å²) in [4.78, 5) is 7.81. The average Bonchev–Trinajstić information content (AvgIpc) is 2.25. The van der Waals surface area contributed by atoms with Crippen molar-refractivity contribution < 1.29 is 0 Å². The second-order valence-electron chi connectivity index (χ2n) is 3.05. The third-order valence-corrected chi connectivity index (χ3v) is 2.79. The molecule has 0 saturated carbocycles. The van der Waals surface area contributed by atoms with E-state index < -0.39 is 0 Å². The van der Waals surface area contributed by atoms with Gasteiger partial charge in [-0.3, -0.25) is 0 Å². The summed E-state index contributed by atoms with van der Waals surface area (Å²) in [5.74, 6) is 0.135. The number of rotatable bonds is 1. The monoisotopic (exact) mass is 273 g/mol. The van der Waals surface area contributed by atoms with Crippen molar-refractivity contribution in [2.45, 2.75) is 0 Å². The molecule has 6 heteroatoms. The first-order valence-corrected chi connectivity index (χ1v) is 5.45. The largest absolute Gasteiger partial charge is 0.368 e. The molecule has 0 saturated heterocycles. The topological polar surface area (TPSA) is 51.8 Å². The Labute approximate surface area is 107 Å². The first-order valence-electron chi connectivity index (χ1n) is 4.31. The van der Waals surface area contributed by atoms with Gasteiger partial charge in [-0.15, -0.1) is 0 Å². The molecule has 3 nitrogen and oxygen atoms in total. The van der Waals surface area contributed by atoms with E-state index in [0.29, 0.717) is 26.3 Å². The van der Waals surface area contributed by atoms with Gasteiger partial charge in [-0.05, 0) is 18.2 Å². The zero-order chi connectivity index (χ0) is 11.7. The van der Waals surface area contributed by atoms with Gasteiger partial charge in [-0.2, -0.15) is 0 Å². The van der Waals surface area contributed by atoms with Crippen LogP contribution in [0.3, 0.4) is 0 Å². The van der Waals surface area contributed by atoms with Crippen LogP contribution in [0.25, 0.3) is 11.3 Å². The Kier molecular flexibility index (Phi) is 3.19. The van der Waals surface area contributed by atoms with E-state index >= 15 is 0 Å². The maximum atomic E-state index is 6.04. The summed E-state index contributed by atoms with van der Waals surface area (Å²) in [6.45, 7) is 0. The highest BCUT2D eigenvalue weighted by molar-refractivity contribution is 6.37. The van der Waals surface area contributed by atoms with Gasteiger partial charge in [0.05, 0.1) is 21.9 Å². The van der Waals surface area contributed by atoms with E-state index in [1.807, 2.05) is 0 Å². The molecular weight excluding hydrogens is 268 g/mol. The average molecular weight is 275 g/mol. The molecule has 0 spiro atoms. The molecule has 0 aliphatic rings. The van der Waals surface area contributed by atoms with Crippen molar-refractivity contribution >= 4 is 40.8 Å². The van der Waals surface area contributed by atoms with Crippen LogP contribution in [0.4, 0.5) is 5.95 Å². The van der Waals surface area contributed by atoms with Crippen LogP contribution in [-0.4, -0.2) is 9.97 Å². The standard InChI is InChI=1S/C10H6Cl3N3/c11-5-1-2-7(12)6(3-5)9-8(13)4-15-10(14)16-9/h1-4H,(H2,14,15,16). The summed E-state index contributed by atoms with van der Waals surface area (Å²) in [5, 5.41) is 1.43. The number of nitrogen functional groups attached to an aromatic ring is 1. The molecule has 2 rings (SSSR count). The van der Waals surface area contributed by atoms with Crippen LogP contribution in [0, 0.1) is 0 Å². The van der Waals surface area contributed by atoms with Crippen molar-refractivity contribution in [1.29, 1.82) is 0 Å². The van der Waals surface area contributed by atoms with Gasteiger partial charge in [0.15, 0.2) is 0 Å². The number of nitrogens with zero attached hydrogens (tertiary/aromatic N) is 2. The number of halogens is 3. The second kappa shape index (κ2) is 4.45. The van der Waals surface area contributed by atoms with Gasteiger partial charge in [-0.1, -0.05) is 34.8 Å². The summed E-state index contributed by atoms with van der Waals surface area (Å²) in [6.07, 6.45) is 1.43. The lowest BCUT2D eigenvalue weighted by molar-refractivity contribution is 1.19. The fourth-order valence-corrected chi connectivity index (χ4v) is 1.82. The molecule has 16 heavy (non-hydrogen) atoms. The van der Waals surface area contributed by atoms with E-state index in [4.69, 9.17) is 40.5 Å². The second-order valence-corrected chi connectivity index (χ2v) is 4.30. The molecule has 2 N–H and O–H groups in total. The lowest BCUT2D eigenvalue weighted by Crippen LogP contribution is -1.96. The molecule has 0 bridgehead atoms. The molecule has 0 aliphatic heterocycles. The maximum Gasteiger partial charge on any atom is 0.220 e. The molecular formula is C10H6Cl3N3. The Balaban J connectivity index is 2.66. The molecule has 1 aromatic heterocycles. The maximum absolute atomic E-state index is 6.04. The van der Waals surface area contributed by atoms with Crippen LogP contribution >= 0.6 is 34.8 Å². The number of benzene rings is 1. The highest BCUT2D eigenvalue weighted by Crippen LogP contribution is 2.33. The molecule has 0 amide bonds. The van der Waals surface area contributed by atoms with E-state index in [-0.39, 0.29) is 5.95 Å². The van der Waals surface area contributed by atoms with E-state index in [0.717, 1.165) is 0 Å². The highest BCUT2D eigenvalue weighted by atomic mass is 35.5. The highest BCUT2D eigenvalue weighted by Gasteiger charge is 2.11. The lowest BCUT2D eigenvalue weighted by atomic mass is 10.1. The molecule has 1 aromatic carbocycles. The third-order valence-electron chi connectivity index (χ3n) is 1.95. The summed E-state index contributed by atoms with van der Waals surface area (Å²) in [6, 6.07) is 5.04. The zero-order valence-electron chi connectivity index (χ0n) is 7.92. The smallest absolute Gasteiger partial charge is 0.220 e. The van der Waals surface area contributed by atoms with Crippen molar-refractivity contribution in [2.24, 2.45) is 0 Å². The fraction of sp³-hybridized carbons (Fsp3) is 0. The Morgan fingerprint density at radius 2 is 1.81 bits per heavy atom. The zero-order valence-corrected chi connectivity index (χ0v) is 10.2. The fourth-order valence-electron chi connectivity index (χ4n) is 1.25. The number of anilines is 1. The van der Waals surface area contributed by atoms with Crippen molar-refractivity contribution in [2.75, 3.05) is 5.73 Å². The van der Waals surface area contributed by atoms with E-state index in [1.54, 1.807) is 18.2 Å². The molecule has 0 aliphatic carbocycles. The Bertz CT molecular complexity index is 493. The van der Waals surface area contributed by atoms with E-state index in [2.05, 4.69) is 9.97 Å². The quantitative estimate of drug-likeness (QED) is 0.863. The molecule has 82 valence electrons. The first kappa shape index (κ1) is 11.5. The molecule has 0 atom stereocenters. The SMILES string of the molecule is Nc1ncc(Cl)c(-c2cc(Cl)ccc2Cl)n1. The Hall–Kier alpha value is -1.03. The summed E-state index contributed by atoms with van der Waals surface area (Å²) >= 11 is 17.9. The van der Waals surface area contributed by atoms with Gasteiger partial charge in [0.1, 0.15) is 0 Å². The molecule has 0 fully saturated rings. The number of hydrogen-bond acceptors (Lipinski definition) is 3. The number of hydrogen-bond donors (Lipinski definition) is 1. The summed E-state index contributed by atoms with van der Waals surface area (Å²) in [7, 11) is 0. The lowest BCUT2D eigenvalue weighted by Gasteiger charge is -2.06. The summed E-state index contributed by atoms with van der Waals surface area (Å²) < 4.78 is 0. The predicted molar refractivity (Wildman–Crippen MR) is 66.9 cm³/mol. The number of nitrogens with two attached hydrogens (primary N) is 1. The normalized spacial score (nSPS) is 10.4. The van der Waals surface area contributed by atoms with Crippen molar-refractivity contribution in [3.05, 3.63) is 39.5 Å². The van der Waals surface area contributed by atoms with Crippen LogP contribution in [0.15, 0.2) is 24.4 Å². The van der Waals surface area contributed by atoms with Crippen LogP contribution in [0.5, 0.6) is 0 Å². The first-order chi connectivity index (χ1) is 7.58. The molecule has 0 radical (unpaired) electrons. The van der Waals surface area contributed by atoms with Crippen molar-refractivity contribution in [1.82, 2.24) is 9.97 Å². The van der Waals surface area contributed by atoms with Gasteiger partial charge >= 0.3 is 0 Å². The number of aromatic nitrogens is 2. The van der Waals surface area contributed by atoms with Gasteiger partial charge in [0.2, 0.25) is 5.95 Å². The minimum atomic E-state index is 0.135. The third kappa shape index (κ3) is 2.21. The van der Waals surface area contributed by atoms with Gasteiger partial charge in [-0.25, -0.2) is 9.97 Å². The molecule has 2 aromatic rings. The minimum absolute atomic E-state index is 0.135. The Morgan fingerprint density at radius 3 is 2.56 bits per heavy atom. The summed E-state index contributed by atoms with van der Waals surface area (Å²) in [5.41, 5.74) is 6.60. The van der Waals surface area contributed by atoms with Gasteiger partial charge < -0.3 is 5.73 Å². The predicted octanol–water partition coefficient (Wildman–Crippen LogP) is 3.69. The van der Waals surface area contributed by atoms with Crippen molar-refractivity contribution in [3.63, 3.8) is 0 Å². The van der Waals surface area contributed by atoms with E-state index in [9.17, 15) is 0 Å². The van der Waals surface area contributed by atoms with E-state index in [1.165, 1.54) is 6.20 Å². The van der Waals surface area contributed by atoms with Crippen LogP contribution < -0.4 is 5.73 Å². The van der Waals surface area contributed by atoms with Crippen LogP contribution in [-0.2, 0) is 0 Å². The van der Waals surface area contributed by atoms with Gasteiger partial charge in [0, 0.05) is 10.6 Å². The van der Waals surface area contributed by atoms with Crippen molar-refractivity contribution in [3.8, 4) is 11.3 Å². The minimum Gasteiger partial charge on any atom is -0.368 e.